The molecule has 0 aromatic heterocycles. The monoisotopic (exact) mass is 262 g/mol. The second-order valence-corrected chi connectivity index (χ2v) is 3.54. The van der Waals surface area contributed by atoms with Gasteiger partial charge in [0.2, 0.25) is 0 Å². The zero-order valence-electron chi connectivity index (χ0n) is 8.88. The minimum Gasteiger partial charge on any atom is -0.465 e. The third-order valence-corrected chi connectivity index (χ3v) is 2.30. The summed E-state index contributed by atoms with van der Waals surface area (Å²) in [5.74, 6) is -3.79. The number of rotatable bonds is 4. The summed E-state index contributed by atoms with van der Waals surface area (Å²) in [5, 5.41) is -1.63. The van der Waals surface area contributed by atoms with E-state index in [1.54, 1.807) is 6.92 Å². The van der Waals surface area contributed by atoms with Crippen LogP contribution in [0.1, 0.15) is 17.3 Å². The van der Waals surface area contributed by atoms with Crippen molar-refractivity contribution in [2.75, 3.05) is 6.61 Å². The molecule has 17 heavy (non-hydrogen) atoms. The van der Waals surface area contributed by atoms with Crippen LogP contribution in [0.15, 0.2) is 18.2 Å². The molecule has 0 saturated carbocycles. The van der Waals surface area contributed by atoms with Crippen molar-refractivity contribution in [1.29, 1.82) is 0 Å². The molecule has 0 amide bonds. The maximum Gasteiger partial charge on any atom is 0.332 e. The molecule has 0 bridgehead atoms. The third-order valence-electron chi connectivity index (χ3n) is 1.92. The molecule has 1 unspecified atom stereocenters. The van der Waals surface area contributed by atoms with Crippen molar-refractivity contribution in [2.45, 2.75) is 12.3 Å². The van der Waals surface area contributed by atoms with Crippen molar-refractivity contribution in [3.8, 4) is 0 Å². The molecule has 0 fully saturated rings. The Morgan fingerprint density at radius 3 is 2.59 bits per heavy atom. The van der Waals surface area contributed by atoms with Crippen molar-refractivity contribution in [1.82, 2.24) is 0 Å². The molecule has 1 atom stereocenters. The molecule has 92 valence electrons. The van der Waals surface area contributed by atoms with Crippen LogP contribution in [0.5, 0.6) is 0 Å². The highest BCUT2D eigenvalue weighted by atomic mass is 35.5. The van der Waals surface area contributed by atoms with Gasteiger partial charge in [0.15, 0.2) is 11.2 Å². The van der Waals surface area contributed by atoms with E-state index in [0.717, 1.165) is 12.1 Å². The Kier molecular flexibility index (Phi) is 4.57. The number of Topliss-reactive ketones (excluding diaryl/α,β-unsaturated/α-hetero) is 1. The lowest BCUT2D eigenvalue weighted by molar-refractivity contribution is -0.141. The summed E-state index contributed by atoms with van der Waals surface area (Å²) in [4.78, 5) is 22.8. The van der Waals surface area contributed by atoms with E-state index in [1.807, 2.05) is 0 Å². The zero-order chi connectivity index (χ0) is 13.0. The quantitative estimate of drug-likeness (QED) is 0.362. The Hall–Kier alpha value is -1.49. The van der Waals surface area contributed by atoms with E-state index in [9.17, 15) is 18.4 Å². The lowest BCUT2D eigenvalue weighted by Gasteiger charge is -2.08. The first-order valence-corrected chi connectivity index (χ1v) is 5.21. The van der Waals surface area contributed by atoms with Crippen LogP contribution in [0.2, 0.25) is 0 Å². The summed E-state index contributed by atoms with van der Waals surface area (Å²) in [6, 6.07) is 2.38. The lowest BCUT2D eigenvalue weighted by atomic mass is 10.1. The van der Waals surface area contributed by atoms with E-state index < -0.39 is 34.3 Å². The van der Waals surface area contributed by atoms with Crippen LogP contribution in [0.25, 0.3) is 0 Å². The Balaban J connectivity index is 2.92. The van der Waals surface area contributed by atoms with Gasteiger partial charge in [0.1, 0.15) is 11.6 Å². The van der Waals surface area contributed by atoms with Crippen LogP contribution >= 0.6 is 11.6 Å². The van der Waals surface area contributed by atoms with Gasteiger partial charge in [0.05, 0.1) is 12.2 Å². The fourth-order valence-corrected chi connectivity index (χ4v) is 1.33. The molecule has 0 saturated heterocycles. The van der Waals surface area contributed by atoms with Crippen molar-refractivity contribution in [3.63, 3.8) is 0 Å². The molecule has 0 spiro atoms. The number of alkyl halides is 1. The average molecular weight is 263 g/mol. The van der Waals surface area contributed by atoms with Crippen LogP contribution in [-0.2, 0) is 9.53 Å². The third kappa shape index (κ3) is 3.23. The Morgan fingerprint density at radius 2 is 2.06 bits per heavy atom. The topological polar surface area (TPSA) is 43.4 Å². The van der Waals surface area contributed by atoms with E-state index >= 15 is 0 Å². The summed E-state index contributed by atoms with van der Waals surface area (Å²) in [7, 11) is 0. The van der Waals surface area contributed by atoms with E-state index in [1.165, 1.54) is 0 Å². The Morgan fingerprint density at radius 1 is 1.41 bits per heavy atom. The Labute approximate surface area is 101 Å². The fraction of sp³-hybridized carbons (Fsp3) is 0.273. The van der Waals surface area contributed by atoms with Crippen molar-refractivity contribution in [2.24, 2.45) is 0 Å². The van der Waals surface area contributed by atoms with Crippen LogP contribution in [0.4, 0.5) is 8.78 Å². The molecule has 1 aromatic rings. The molecule has 1 rings (SSSR count). The minimum absolute atomic E-state index is 0.0568. The van der Waals surface area contributed by atoms with Gasteiger partial charge >= 0.3 is 5.97 Å². The van der Waals surface area contributed by atoms with Crippen molar-refractivity contribution in [3.05, 3.63) is 35.4 Å². The van der Waals surface area contributed by atoms with Gasteiger partial charge in [-0.15, -0.1) is 11.6 Å². The Bertz CT molecular complexity index is 448. The molecule has 0 radical (unpaired) electrons. The first-order valence-electron chi connectivity index (χ1n) is 4.77. The number of ether oxygens (including phenoxy) is 1. The van der Waals surface area contributed by atoms with Crippen molar-refractivity contribution >= 4 is 23.4 Å². The maximum absolute atomic E-state index is 13.2. The van der Waals surface area contributed by atoms with E-state index in [-0.39, 0.29) is 6.61 Å². The van der Waals surface area contributed by atoms with Gasteiger partial charge in [-0.05, 0) is 19.1 Å². The molecular formula is C11H9ClF2O3. The van der Waals surface area contributed by atoms with Gasteiger partial charge < -0.3 is 4.74 Å². The van der Waals surface area contributed by atoms with Crippen LogP contribution in [0, 0.1) is 11.6 Å². The van der Waals surface area contributed by atoms with Gasteiger partial charge in [-0.2, -0.15) is 0 Å². The molecule has 0 aliphatic carbocycles. The first kappa shape index (κ1) is 13.6. The van der Waals surface area contributed by atoms with Crippen LogP contribution in [0.3, 0.4) is 0 Å². The van der Waals surface area contributed by atoms with Gasteiger partial charge in [0, 0.05) is 6.07 Å². The SMILES string of the molecule is CCOC(=O)C(Cl)C(=O)c1ccc(F)cc1F. The number of carbonyl (C=O) groups excluding carboxylic acids is 2. The number of hydrogen-bond donors (Lipinski definition) is 0. The first-order chi connectivity index (χ1) is 7.97. The number of benzene rings is 1. The van der Waals surface area contributed by atoms with Crippen molar-refractivity contribution < 1.29 is 23.1 Å². The van der Waals surface area contributed by atoms with Gasteiger partial charge in [-0.25, -0.2) is 13.6 Å². The summed E-state index contributed by atoms with van der Waals surface area (Å²) in [5.41, 5.74) is -0.445. The zero-order valence-corrected chi connectivity index (χ0v) is 9.63. The second kappa shape index (κ2) is 5.72. The smallest absolute Gasteiger partial charge is 0.332 e. The van der Waals surface area contributed by atoms with E-state index in [2.05, 4.69) is 4.74 Å². The standard InChI is InChI=1S/C11H9ClF2O3/c1-2-17-11(16)9(12)10(15)7-4-3-6(13)5-8(7)14/h3-5,9H,2H2,1H3. The molecule has 1 aromatic carbocycles. The summed E-state index contributed by atoms with van der Waals surface area (Å²) in [6.07, 6.45) is 0. The molecule has 0 heterocycles. The highest BCUT2D eigenvalue weighted by Crippen LogP contribution is 2.15. The number of carbonyl (C=O) groups is 2. The molecule has 3 nitrogen and oxygen atoms in total. The molecule has 0 N–H and O–H groups in total. The van der Waals surface area contributed by atoms with E-state index in [4.69, 9.17) is 11.6 Å². The molecule has 0 aliphatic heterocycles. The predicted octanol–water partition coefficient (Wildman–Crippen LogP) is 2.32. The number of halogens is 3. The second-order valence-electron chi connectivity index (χ2n) is 3.10. The van der Waals surface area contributed by atoms with Crippen LogP contribution < -0.4 is 0 Å². The van der Waals surface area contributed by atoms with Crippen LogP contribution in [-0.4, -0.2) is 23.7 Å². The maximum atomic E-state index is 13.2. The fourth-order valence-electron chi connectivity index (χ4n) is 1.15. The largest absolute Gasteiger partial charge is 0.465 e. The minimum atomic E-state index is -1.63. The average Bonchev–Trinajstić information content (AvgIpc) is 2.27. The number of ketones is 1. The summed E-state index contributed by atoms with van der Waals surface area (Å²) < 4.78 is 30.4. The number of esters is 1. The normalized spacial score (nSPS) is 12.0. The highest BCUT2D eigenvalue weighted by molar-refractivity contribution is 6.43. The van der Waals surface area contributed by atoms with E-state index in [0.29, 0.717) is 6.07 Å². The van der Waals surface area contributed by atoms with Gasteiger partial charge in [0.25, 0.3) is 0 Å². The predicted molar refractivity (Wildman–Crippen MR) is 57.0 cm³/mol. The molecule has 0 aliphatic rings. The summed E-state index contributed by atoms with van der Waals surface area (Å²) >= 11 is 5.52. The van der Waals surface area contributed by atoms with Gasteiger partial charge in [-0.3, -0.25) is 4.79 Å². The lowest BCUT2D eigenvalue weighted by Crippen LogP contribution is -2.27. The molecular weight excluding hydrogens is 254 g/mol. The van der Waals surface area contributed by atoms with Gasteiger partial charge in [-0.1, -0.05) is 0 Å². The number of hydrogen-bond acceptors (Lipinski definition) is 3. The summed E-state index contributed by atoms with van der Waals surface area (Å²) in [6.45, 7) is 1.60. The highest BCUT2D eigenvalue weighted by Gasteiger charge is 2.28. The molecule has 6 heteroatoms.